The van der Waals surface area contributed by atoms with Crippen molar-refractivity contribution in [2.24, 2.45) is 4.99 Å². The summed E-state index contributed by atoms with van der Waals surface area (Å²) < 4.78 is 11.4. The zero-order valence-electron chi connectivity index (χ0n) is 19.1. The van der Waals surface area contributed by atoms with Crippen molar-refractivity contribution in [3.63, 3.8) is 0 Å². The van der Waals surface area contributed by atoms with Crippen LogP contribution in [0.3, 0.4) is 0 Å². The summed E-state index contributed by atoms with van der Waals surface area (Å²) in [6.07, 6.45) is 1.58. The standard InChI is InChI=1S/C25H32N4O3/c1-25(2,19-8-11-21-22(15-19)32-14-13-31-21)17-28-24(26-3)27-16-18-6-9-20(10-7-18)29-12-4-5-23(29)30/h6-11,15H,4-5,12-14,16-17H2,1-3H3,(H2,26,27,28). The highest BCUT2D eigenvalue weighted by Gasteiger charge is 2.24. The van der Waals surface area contributed by atoms with Gasteiger partial charge in [0, 0.05) is 44.2 Å². The molecule has 0 atom stereocenters. The highest BCUT2D eigenvalue weighted by molar-refractivity contribution is 5.95. The fraction of sp³-hybridized carbons (Fsp3) is 0.440. The summed E-state index contributed by atoms with van der Waals surface area (Å²) >= 11 is 0. The molecule has 2 aromatic rings. The van der Waals surface area contributed by atoms with E-state index in [-0.39, 0.29) is 11.3 Å². The number of fused-ring (bicyclic) bond motifs is 1. The van der Waals surface area contributed by atoms with Crippen molar-refractivity contribution < 1.29 is 14.3 Å². The van der Waals surface area contributed by atoms with Crippen molar-refractivity contribution in [1.82, 2.24) is 10.6 Å². The molecule has 2 aromatic carbocycles. The third-order valence-electron chi connectivity index (χ3n) is 6.03. The van der Waals surface area contributed by atoms with E-state index in [1.54, 1.807) is 7.05 Å². The van der Waals surface area contributed by atoms with Crippen molar-refractivity contribution in [3.05, 3.63) is 53.6 Å². The molecule has 0 unspecified atom stereocenters. The Bertz CT molecular complexity index is 985. The second kappa shape index (κ2) is 9.51. The van der Waals surface area contributed by atoms with Gasteiger partial charge in [0.1, 0.15) is 13.2 Å². The minimum absolute atomic E-state index is 0.128. The molecule has 7 nitrogen and oxygen atoms in total. The van der Waals surface area contributed by atoms with Gasteiger partial charge in [-0.3, -0.25) is 9.79 Å². The summed E-state index contributed by atoms with van der Waals surface area (Å²) in [7, 11) is 1.77. The maximum absolute atomic E-state index is 11.9. The van der Waals surface area contributed by atoms with Gasteiger partial charge in [-0.15, -0.1) is 0 Å². The first-order valence-corrected chi connectivity index (χ1v) is 11.2. The molecule has 1 amide bonds. The molecule has 2 N–H and O–H groups in total. The summed E-state index contributed by atoms with van der Waals surface area (Å²) in [5.41, 5.74) is 3.16. The lowest BCUT2D eigenvalue weighted by atomic mass is 9.84. The molecule has 1 fully saturated rings. The van der Waals surface area contributed by atoms with Crippen LogP contribution >= 0.6 is 0 Å². The van der Waals surface area contributed by atoms with Gasteiger partial charge in [-0.1, -0.05) is 32.0 Å². The predicted molar refractivity (Wildman–Crippen MR) is 127 cm³/mol. The monoisotopic (exact) mass is 436 g/mol. The zero-order valence-corrected chi connectivity index (χ0v) is 19.1. The quantitative estimate of drug-likeness (QED) is 0.537. The van der Waals surface area contributed by atoms with Gasteiger partial charge in [-0.2, -0.15) is 0 Å². The van der Waals surface area contributed by atoms with Crippen molar-refractivity contribution >= 4 is 17.6 Å². The number of aliphatic imine (C=N–C) groups is 1. The van der Waals surface area contributed by atoms with Crippen LogP contribution in [-0.2, 0) is 16.8 Å². The molecular formula is C25H32N4O3. The number of carbonyl (C=O) groups is 1. The average molecular weight is 437 g/mol. The second-order valence-electron chi connectivity index (χ2n) is 8.84. The summed E-state index contributed by atoms with van der Waals surface area (Å²) in [4.78, 5) is 18.1. The lowest BCUT2D eigenvalue weighted by Crippen LogP contribution is -2.43. The lowest BCUT2D eigenvalue weighted by molar-refractivity contribution is -0.117. The molecule has 7 heteroatoms. The smallest absolute Gasteiger partial charge is 0.227 e. The van der Waals surface area contributed by atoms with Gasteiger partial charge < -0.3 is 25.0 Å². The first-order valence-electron chi connectivity index (χ1n) is 11.2. The molecule has 0 radical (unpaired) electrons. The van der Waals surface area contributed by atoms with E-state index >= 15 is 0 Å². The number of benzene rings is 2. The van der Waals surface area contributed by atoms with Crippen LogP contribution in [0.2, 0.25) is 0 Å². The molecule has 0 saturated carbocycles. The van der Waals surface area contributed by atoms with Crippen molar-refractivity contribution in [1.29, 1.82) is 0 Å². The van der Waals surface area contributed by atoms with Crippen LogP contribution in [0.25, 0.3) is 0 Å². The maximum Gasteiger partial charge on any atom is 0.227 e. The fourth-order valence-corrected chi connectivity index (χ4v) is 3.99. The molecule has 0 aromatic heterocycles. The maximum atomic E-state index is 11.9. The van der Waals surface area contributed by atoms with Gasteiger partial charge in [-0.05, 0) is 41.8 Å². The number of ether oxygens (including phenoxy) is 2. The number of amides is 1. The number of guanidine groups is 1. The molecule has 2 heterocycles. The molecule has 1 saturated heterocycles. The Labute approximate surface area is 189 Å². The van der Waals surface area contributed by atoms with E-state index < -0.39 is 0 Å². The summed E-state index contributed by atoms with van der Waals surface area (Å²) in [6.45, 7) is 7.74. The fourth-order valence-electron chi connectivity index (χ4n) is 3.99. The summed E-state index contributed by atoms with van der Waals surface area (Å²) in [5, 5.41) is 6.81. The first kappa shape index (κ1) is 22.0. The third-order valence-corrected chi connectivity index (χ3v) is 6.03. The third kappa shape index (κ3) is 4.98. The number of hydrogen-bond acceptors (Lipinski definition) is 4. The molecule has 2 aliphatic heterocycles. The van der Waals surface area contributed by atoms with Crippen molar-refractivity contribution in [2.75, 3.05) is 38.3 Å². The Hall–Kier alpha value is -3.22. The molecular weight excluding hydrogens is 404 g/mol. The summed E-state index contributed by atoms with van der Waals surface area (Å²) in [6, 6.07) is 14.3. The van der Waals surface area contributed by atoms with Crippen LogP contribution < -0.4 is 25.0 Å². The number of nitrogens with one attached hydrogen (secondary N) is 2. The van der Waals surface area contributed by atoms with Gasteiger partial charge in [-0.25, -0.2) is 0 Å². The van der Waals surface area contributed by atoms with Crippen LogP contribution in [-0.4, -0.2) is 45.2 Å². The molecule has 0 aliphatic carbocycles. The highest BCUT2D eigenvalue weighted by Crippen LogP contribution is 2.34. The molecule has 4 rings (SSSR count). The van der Waals surface area contributed by atoms with Crippen LogP contribution in [0.4, 0.5) is 5.69 Å². The number of anilines is 1. The highest BCUT2D eigenvalue weighted by atomic mass is 16.6. The van der Waals surface area contributed by atoms with E-state index in [0.29, 0.717) is 32.7 Å². The largest absolute Gasteiger partial charge is 0.486 e. The van der Waals surface area contributed by atoms with Gasteiger partial charge >= 0.3 is 0 Å². The molecule has 170 valence electrons. The van der Waals surface area contributed by atoms with Crippen molar-refractivity contribution in [3.8, 4) is 11.5 Å². The van der Waals surface area contributed by atoms with E-state index in [2.05, 4.69) is 53.7 Å². The number of hydrogen-bond donors (Lipinski definition) is 2. The van der Waals surface area contributed by atoms with E-state index in [1.165, 1.54) is 5.56 Å². The van der Waals surface area contributed by atoms with Crippen molar-refractivity contribution in [2.45, 2.75) is 38.6 Å². The molecule has 32 heavy (non-hydrogen) atoms. The zero-order chi connectivity index (χ0) is 22.6. The van der Waals surface area contributed by atoms with E-state index in [1.807, 2.05) is 23.1 Å². The molecule has 2 aliphatic rings. The van der Waals surface area contributed by atoms with Gasteiger partial charge in [0.05, 0.1) is 0 Å². The average Bonchev–Trinajstić information content (AvgIpc) is 3.25. The first-order chi connectivity index (χ1) is 15.5. The van der Waals surface area contributed by atoms with E-state index in [0.717, 1.165) is 41.7 Å². The Morgan fingerprint density at radius 1 is 1.06 bits per heavy atom. The molecule has 0 spiro atoms. The number of carbonyl (C=O) groups excluding carboxylic acids is 1. The van der Waals surface area contributed by atoms with Gasteiger partial charge in [0.15, 0.2) is 17.5 Å². The predicted octanol–water partition coefficient (Wildman–Crippen LogP) is 3.23. The lowest BCUT2D eigenvalue weighted by Gasteiger charge is -2.28. The SMILES string of the molecule is CN=C(NCc1ccc(N2CCCC2=O)cc1)NCC(C)(C)c1ccc2c(c1)OCCO2. The number of nitrogens with zero attached hydrogens (tertiary/aromatic N) is 2. The Balaban J connectivity index is 1.31. The minimum Gasteiger partial charge on any atom is -0.486 e. The van der Waals surface area contributed by atoms with Crippen LogP contribution in [0.5, 0.6) is 11.5 Å². The van der Waals surface area contributed by atoms with E-state index in [4.69, 9.17) is 9.47 Å². The van der Waals surface area contributed by atoms with Crippen LogP contribution in [0, 0.1) is 0 Å². The Kier molecular flexibility index (Phi) is 6.53. The topological polar surface area (TPSA) is 75.2 Å². The van der Waals surface area contributed by atoms with Crippen LogP contribution in [0.15, 0.2) is 47.5 Å². The normalized spacial score (nSPS) is 16.3. The minimum atomic E-state index is -0.128. The van der Waals surface area contributed by atoms with Gasteiger partial charge in [0.2, 0.25) is 5.91 Å². The second-order valence-corrected chi connectivity index (χ2v) is 8.84. The molecule has 0 bridgehead atoms. The number of rotatable bonds is 6. The Morgan fingerprint density at radius 2 is 1.81 bits per heavy atom. The summed E-state index contributed by atoms with van der Waals surface area (Å²) in [5.74, 6) is 2.57. The Morgan fingerprint density at radius 3 is 2.50 bits per heavy atom. The van der Waals surface area contributed by atoms with Gasteiger partial charge in [0.25, 0.3) is 0 Å². The van der Waals surface area contributed by atoms with E-state index in [9.17, 15) is 4.79 Å². The van der Waals surface area contributed by atoms with Crippen LogP contribution in [0.1, 0.15) is 37.8 Å².